The molecule has 0 spiro atoms. The first-order valence-corrected chi connectivity index (χ1v) is 23.1. The van der Waals surface area contributed by atoms with E-state index in [1.807, 2.05) is 6.07 Å². The van der Waals surface area contributed by atoms with Crippen LogP contribution in [0.1, 0.15) is 95.3 Å². The Labute approximate surface area is 395 Å². The van der Waals surface area contributed by atoms with E-state index in [1.165, 1.54) is 101 Å². The van der Waals surface area contributed by atoms with Gasteiger partial charge in [0.15, 0.2) is 0 Å². The molecule has 6 aliphatic rings. The van der Waals surface area contributed by atoms with Gasteiger partial charge in [0.2, 0.25) is 0 Å². The molecule has 0 saturated heterocycles. The van der Waals surface area contributed by atoms with Gasteiger partial charge >= 0.3 is 0 Å². The van der Waals surface area contributed by atoms with Crippen LogP contribution in [0.2, 0.25) is 0 Å². The summed E-state index contributed by atoms with van der Waals surface area (Å²) in [5, 5.41) is 10.7. The van der Waals surface area contributed by atoms with Gasteiger partial charge < -0.3 is 30.7 Å². The fourth-order valence-electron chi connectivity index (χ4n) is 10.5. The summed E-state index contributed by atoms with van der Waals surface area (Å²) in [6, 6.07) is 46.0. The van der Waals surface area contributed by atoms with Crippen molar-refractivity contribution in [3.63, 3.8) is 0 Å². The van der Waals surface area contributed by atoms with Crippen molar-refractivity contribution < 1.29 is 0 Å². The van der Waals surface area contributed by atoms with E-state index >= 15 is 0 Å². The third kappa shape index (κ3) is 7.77. The van der Waals surface area contributed by atoms with Crippen LogP contribution < -0.4 is 16.0 Å². The smallest absolute Gasteiger partial charge is 0.129 e. The lowest BCUT2D eigenvalue weighted by Gasteiger charge is -2.28. The molecular weight excluding hydrogens is 817 g/mol. The third-order valence-electron chi connectivity index (χ3n) is 13.7. The number of hydrogen-bond donors (Lipinski definition) is 3. The van der Waals surface area contributed by atoms with Crippen LogP contribution in [0.3, 0.4) is 0 Å². The fraction of sp³-hybridized carbons (Fsp3) is 0.148. The van der Waals surface area contributed by atoms with E-state index in [-0.39, 0.29) is 24.4 Å². The Balaban J connectivity index is 0.000000180. The van der Waals surface area contributed by atoms with Crippen molar-refractivity contribution in [3.8, 4) is 58.1 Å². The highest BCUT2D eigenvalue weighted by Gasteiger charge is 2.30. The van der Waals surface area contributed by atoms with Gasteiger partial charge in [0.1, 0.15) is 18.5 Å². The lowest BCUT2D eigenvalue weighted by molar-refractivity contribution is 0.370. The van der Waals surface area contributed by atoms with Crippen LogP contribution in [0.5, 0.6) is 0 Å². The summed E-state index contributed by atoms with van der Waals surface area (Å²) < 4.78 is 0. The lowest BCUT2D eigenvalue weighted by Crippen LogP contribution is -2.26. The normalized spacial score (nSPS) is 18.9. The maximum Gasteiger partial charge on any atom is 0.129 e. The molecule has 0 saturated carbocycles. The maximum atomic E-state index is 6.32. The van der Waals surface area contributed by atoms with E-state index in [9.17, 15) is 0 Å². The molecular formula is C61H52N6. The Morgan fingerprint density at radius 2 is 0.896 bits per heavy atom. The molecule has 6 nitrogen and oxygen atoms in total. The molecule has 6 heteroatoms. The highest BCUT2D eigenvalue weighted by Crippen LogP contribution is 2.41. The summed E-state index contributed by atoms with van der Waals surface area (Å²) in [6.07, 6.45) is 33.3. The Morgan fingerprint density at radius 3 is 1.36 bits per heavy atom. The van der Waals surface area contributed by atoms with Crippen LogP contribution in [0.15, 0.2) is 182 Å². The fourth-order valence-corrected chi connectivity index (χ4v) is 10.5. The minimum atomic E-state index is -0.0689. The molecule has 0 bridgehead atoms. The largest absolute Gasteiger partial charge is 0.364 e. The van der Waals surface area contributed by atoms with Crippen molar-refractivity contribution in [2.45, 2.75) is 58.0 Å². The predicted molar refractivity (Wildman–Crippen MR) is 275 cm³/mol. The number of allylic oxidation sites excluding steroid dienone is 3. The zero-order chi connectivity index (χ0) is 45.6. The lowest BCUT2D eigenvalue weighted by atomic mass is 9.84. The van der Waals surface area contributed by atoms with E-state index < -0.39 is 0 Å². The van der Waals surface area contributed by atoms with Gasteiger partial charge in [-0.25, -0.2) is 0 Å². The van der Waals surface area contributed by atoms with Gasteiger partial charge in [-0.3, -0.25) is 0 Å². The van der Waals surface area contributed by atoms with Gasteiger partial charge in [-0.1, -0.05) is 115 Å². The minimum Gasteiger partial charge on any atom is -0.364 e. The monoisotopic (exact) mass is 868 g/mol. The number of nitrogens with zero attached hydrogens (tertiary/aromatic N) is 3. The molecule has 6 heterocycles. The second-order valence-corrected chi connectivity index (χ2v) is 18.1. The first-order chi connectivity index (χ1) is 32.8. The summed E-state index contributed by atoms with van der Waals surface area (Å²) in [6.45, 7) is 6.31. The summed E-state index contributed by atoms with van der Waals surface area (Å²) in [7, 11) is 0. The Hall–Kier alpha value is -8.32. The molecule has 4 atom stereocenters. The van der Waals surface area contributed by atoms with Crippen molar-refractivity contribution in [1.82, 2.24) is 30.7 Å². The molecule has 326 valence electrons. The molecule has 0 fully saturated rings. The minimum absolute atomic E-state index is 0.0689. The molecule has 3 N–H and O–H groups in total. The van der Waals surface area contributed by atoms with Crippen LogP contribution in [0, 0.1) is 24.7 Å². The molecule has 6 aromatic rings. The van der Waals surface area contributed by atoms with Crippen LogP contribution >= 0.6 is 0 Å². The molecule has 6 aliphatic heterocycles. The summed E-state index contributed by atoms with van der Waals surface area (Å²) in [5.74, 6) is 5.85. The van der Waals surface area contributed by atoms with Crippen molar-refractivity contribution in [3.05, 3.63) is 232 Å². The van der Waals surface area contributed by atoms with Gasteiger partial charge in [-0.15, -0.1) is 18.8 Å². The molecule has 4 unspecified atom stereocenters. The van der Waals surface area contributed by atoms with Crippen LogP contribution in [0.4, 0.5) is 0 Å². The quantitative estimate of drug-likeness (QED) is 0.139. The Morgan fingerprint density at radius 1 is 0.493 bits per heavy atom. The van der Waals surface area contributed by atoms with Crippen molar-refractivity contribution in [1.29, 1.82) is 0 Å². The molecule has 0 radical (unpaired) electrons. The molecule has 0 aliphatic carbocycles. The SMILES string of the molecule is C#CC(Cc1ccccc1-c1ccc2c(c1)C=CN1C=C(C)NC21)c1ccccc1-c1ccc2c(c1)C=CN1C=C(C)NC21.C#CCc1ccccc1-c1ccc2c(c1)C=CN1C=C(C)NC21. The second kappa shape index (κ2) is 17.2. The average Bonchev–Trinajstić information content (AvgIpc) is 4.07. The summed E-state index contributed by atoms with van der Waals surface area (Å²) >= 11 is 0. The van der Waals surface area contributed by atoms with Crippen LogP contribution in [0.25, 0.3) is 51.6 Å². The molecule has 12 rings (SSSR count). The van der Waals surface area contributed by atoms with E-state index in [0.29, 0.717) is 6.42 Å². The first kappa shape index (κ1) is 41.4. The van der Waals surface area contributed by atoms with E-state index in [2.05, 4.69) is 240 Å². The topological polar surface area (TPSA) is 45.8 Å². The molecule has 0 amide bonds. The van der Waals surface area contributed by atoms with Gasteiger partial charge in [0, 0.05) is 83.3 Å². The van der Waals surface area contributed by atoms with Crippen molar-refractivity contribution >= 4 is 18.2 Å². The number of fused-ring (bicyclic) bond motifs is 9. The third-order valence-corrected chi connectivity index (χ3v) is 13.7. The zero-order valence-corrected chi connectivity index (χ0v) is 38.0. The van der Waals surface area contributed by atoms with Gasteiger partial charge in [-0.2, -0.15) is 0 Å². The van der Waals surface area contributed by atoms with Crippen molar-refractivity contribution in [2.75, 3.05) is 0 Å². The molecule has 67 heavy (non-hydrogen) atoms. The Kier molecular flexibility index (Phi) is 10.6. The van der Waals surface area contributed by atoms with Crippen LogP contribution in [-0.2, 0) is 12.8 Å². The van der Waals surface area contributed by atoms with E-state index in [4.69, 9.17) is 12.8 Å². The number of hydrogen-bond acceptors (Lipinski definition) is 6. The van der Waals surface area contributed by atoms with E-state index in [0.717, 1.165) is 6.42 Å². The molecule has 6 aromatic carbocycles. The highest BCUT2D eigenvalue weighted by molar-refractivity contribution is 5.76. The predicted octanol–water partition coefficient (Wildman–Crippen LogP) is 12.8. The Bertz CT molecular complexity index is 3240. The number of rotatable bonds is 7. The summed E-state index contributed by atoms with van der Waals surface area (Å²) in [4.78, 5) is 6.68. The van der Waals surface area contributed by atoms with Crippen molar-refractivity contribution in [2.24, 2.45) is 0 Å². The van der Waals surface area contributed by atoms with Crippen LogP contribution in [-0.4, -0.2) is 14.7 Å². The number of nitrogens with one attached hydrogen (secondary N) is 3. The number of benzene rings is 6. The highest BCUT2D eigenvalue weighted by atomic mass is 15.3. The van der Waals surface area contributed by atoms with Gasteiger partial charge in [0.25, 0.3) is 0 Å². The van der Waals surface area contributed by atoms with E-state index in [1.54, 1.807) is 0 Å². The second-order valence-electron chi connectivity index (χ2n) is 18.1. The maximum absolute atomic E-state index is 6.32. The van der Waals surface area contributed by atoms with Gasteiger partial charge in [0.05, 0.1) is 0 Å². The molecule has 0 aromatic heterocycles. The van der Waals surface area contributed by atoms with Gasteiger partial charge in [-0.05, 0) is 130 Å². The summed E-state index contributed by atoms with van der Waals surface area (Å²) in [5.41, 5.74) is 22.1. The standard InChI is InChI=1S/C40H34N4.C21H18N2/c1-4-28(35-11-7-8-12-36(35)31-14-16-38-33(23-31)18-20-44-25-27(3)42-40(38)44)21-29-9-5-6-10-34(29)30-13-15-37-32(22-30)17-19-43-24-26(2)41-39(37)43;1-3-6-16-7-4-5-8-19(16)17-9-10-20-18(13-17)11-12-23-14-15(2)22-21(20)23/h1,5-20,22-25,28,39-42H,21H2,2-3H3;1,4-5,7-14,21-22H,6H2,2H3. The average molecular weight is 869 g/mol. The number of terminal acetylenes is 2. The first-order valence-electron chi connectivity index (χ1n) is 23.1. The zero-order valence-electron chi connectivity index (χ0n) is 38.0.